The Kier molecular flexibility index (Phi) is 6.12. The van der Waals surface area contributed by atoms with Crippen LogP contribution in [0.15, 0.2) is 60.7 Å². The van der Waals surface area contributed by atoms with Crippen molar-refractivity contribution in [2.45, 2.75) is 20.8 Å². The fraction of sp³-hybridized carbons (Fsp3) is 0.231. The highest BCUT2D eigenvalue weighted by atomic mass is 16.5. The molecule has 164 valence electrons. The van der Waals surface area contributed by atoms with E-state index in [9.17, 15) is 9.59 Å². The van der Waals surface area contributed by atoms with Gasteiger partial charge in [0.15, 0.2) is 6.61 Å². The van der Waals surface area contributed by atoms with Crippen molar-refractivity contribution >= 4 is 23.2 Å². The van der Waals surface area contributed by atoms with Gasteiger partial charge in [-0.15, -0.1) is 0 Å². The van der Waals surface area contributed by atoms with Crippen LogP contribution >= 0.6 is 0 Å². The van der Waals surface area contributed by atoms with Crippen LogP contribution in [-0.2, 0) is 4.79 Å². The number of ether oxygens (including phenoxy) is 2. The van der Waals surface area contributed by atoms with Crippen molar-refractivity contribution in [3.05, 3.63) is 82.9 Å². The Bertz CT molecular complexity index is 1170. The van der Waals surface area contributed by atoms with E-state index in [1.807, 2.05) is 57.2 Å². The van der Waals surface area contributed by atoms with Crippen molar-refractivity contribution in [1.82, 2.24) is 0 Å². The first-order chi connectivity index (χ1) is 15.4. The van der Waals surface area contributed by atoms with E-state index in [2.05, 4.69) is 5.32 Å². The minimum absolute atomic E-state index is 0.0220. The lowest BCUT2D eigenvalue weighted by molar-refractivity contribution is -0.121. The van der Waals surface area contributed by atoms with Gasteiger partial charge < -0.3 is 19.7 Å². The summed E-state index contributed by atoms with van der Waals surface area (Å²) in [4.78, 5) is 26.9. The lowest BCUT2D eigenvalue weighted by Gasteiger charge is -2.29. The Morgan fingerprint density at radius 3 is 2.66 bits per heavy atom. The minimum Gasteiger partial charge on any atom is -0.492 e. The molecule has 0 aromatic heterocycles. The average Bonchev–Trinajstić information content (AvgIpc) is 2.77. The molecule has 2 amide bonds. The van der Waals surface area contributed by atoms with Gasteiger partial charge in [0.1, 0.15) is 18.1 Å². The topological polar surface area (TPSA) is 67.9 Å². The molecule has 32 heavy (non-hydrogen) atoms. The predicted octanol–water partition coefficient (Wildman–Crippen LogP) is 4.67. The fourth-order valence-corrected chi connectivity index (χ4v) is 3.57. The molecule has 0 saturated carbocycles. The molecule has 0 atom stereocenters. The van der Waals surface area contributed by atoms with Crippen molar-refractivity contribution < 1.29 is 19.1 Å². The Hall–Kier alpha value is -3.80. The number of nitrogens with zero attached hydrogens (tertiary/aromatic N) is 1. The molecule has 0 radical (unpaired) electrons. The van der Waals surface area contributed by atoms with Crippen molar-refractivity contribution in [1.29, 1.82) is 0 Å². The maximum Gasteiger partial charge on any atom is 0.265 e. The highest BCUT2D eigenvalue weighted by Crippen LogP contribution is 2.34. The van der Waals surface area contributed by atoms with Crippen LogP contribution < -0.4 is 19.7 Å². The molecule has 1 heterocycles. The number of aryl methyl sites for hydroxylation is 3. The van der Waals surface area contributed by atoms with Gasteiger partial charge in [-0.25, -0.2) is 0 Å². The van der Waals surface area contributed by atoms with Gasteiger partial charge in [-0.2, -0.15) is 0 Å². The second-order valence-electron chi connectivity index (χ2n) is 7.93. The average molecular weight is 431 g/mol. The normalized spacial score (nSPS) is 12.7. The number of amides is 2. The second-order valence-corrected chi connectivity index (χ2v) is 7.93. The van der Waals surface area contributed by atoms with Crippen LogP contribution in [0.25, 0.3) is 0 Å². The Morgan fingerprint density at radius 1 is 1.03 bits per heavy atom. The highest BCUT2D eigenvalue weighted by Gasteiger charge is 2.26. The molecular weight excluding hydrogens is 404 g/mol. The SMILES string of the molecule is Cc1cccc(OCCN2C(=O)COc3ccc(NC(=O)c4ccc(C)c(C)c4)cc32)c1. The van der Waals surface area contributed by atoms with E-state index in [-0.39, 0.29) is 18.4 Å². The molecule has 0 fully saturated rings. The van der Waals surface area contributed by atoms with Crippen LogP contribution in [0.3, 0.4) is 0 Å². The first-order valence-electron chi connectivity index (χ1n) is 10.6. The van der Waals surface area contributed by atoms with Gasteiger partial charge in [-0.3, -0.25) is 9.59 Å². The third kappa shape index (κ3) is 4.75. The Balaban J connectivity index is 1.48. The van der Waals surface area contributed by atoms with E-state index in [1.165, 1.54) is 0 Å². The van der Waals surface area contributed by atoms with E-state index in [0.717, 1.165) is 22.4 Å². The van der Waals surface area contributed by atoms with Gasteiger partial charge in [-0.1, -0.05) is 18.2 Å². The Labute approximate surface area is 187 Å². The molecule has 6 nitrogen and oxygen atoms in total. The maximum atomic E-state index is 12.7. The molecule has 6 heteroatoms. The largest absolute Gasteiger partial charge is 0.492 e. The van der Waals surface area contributed by atoms with E-state index in [0.29, 0.717) is 35.8 Å². The summed E-state index contributed by atoms with van der Waals surface area (Å²) in [6.07, 6.45) is 0. The number of benzene rings is 3. The van der Waals surface area contributed by atoms with E-state index >= 15 is 0 Å². The standard InChI is InChI=1S/C26H26N2O4/c1-17-5-4-6-22(13-17)31-12-11-28-23-15-21(9-10-24(23)32-16-25(28)29)27-26(30)20-8-7-18(2)19(3)14-20/h4-10,13-15H,11-12,16H2,1-3H3,(H,27,30). The monoisotopic (exact) mass is 430 g/mol. The Morgan fingerprint density at radius 2 is 1.88 bits per heavy atom. The molecule has 0 spiro atoms. The first-order valence-corrected chi connectivity index (χ1v) is 10.6. The quantitative estimate of drug-likeness (QED) is 0.617. The van der Waals surface area contributed by atoms with Gasteiger partial charge in [0.05, 0.1) is 12.2 Å². The first kappa shape index (κ1) is 21.4. The third-order valence-corrected chi connectivity index (χ3v) is 5.50. The molecule has 3 aromatic rings. The molecular formula is C26H26N2O4. The summed E-state index contributed by atoms with van der Waals surface area (Å²) in [6.45, 7) is 6.68. The number of hydrogen-bond acceptors (Lipinski definition) is 4. The molecule has 1 aliphatic heterocycles. The summed E-state index contributed by atoms with van der Waals surface area (Å²) in [5, 5.41) is 2.91. The van der Waals surface area contributed by atoms with Crippen LogP contribution in [0.4, 0.5) is 11.4 Å². The summed E-state index contributed by atoms with van der Waals surface area (Å²) in [7, 11) is 0. The number of carbonyl (C=O) groups excluding carboxylic acids is 2. The highest BCUT2D eigenvalue weighted by molar-refractivity contribution is 6.05. The smallest absolute Gasteiger partial charge is 0.265 e. The number of anilines is 2. The molecule has 3 aromatic carbocycles. The molecule has 4 rings (SSSR count). The molecule has 0 bridgehead atoms. The second kappa shape index (κ2) is 9.14. The van der Waals surface area contributed by atoms with Crippen molar-refractivity contribution in [2.24, 2.45) is 0 Å². The van der Waals surface area contributed by atoms with Crippen LogP contribution in [-0.4, -0.2) is 31.6 Å². The zero-order valence-corrected chi connectivity index (χ0v) is 18.5. The van der Waals surface area contributed by atoms with Crippen molar-refractivity contribution in [3.63, 3.8) is 0 Å². The number of fused-ring (bicyclic) bond motifs is 1. The maximum absolute atomic E-state index is 12.7. The van der Waals surface area contributed by atoms with Crippen LogP contribution in [0.5, 0.6) is 11.5 Å². The van der Waals surface area contributed by atoms with Crippen molar-refractivity contribution in [2.75, 3.05) is 30.0 Å². The number of carbonyl (C=O) groups is 2. The summed E-state index contributed by atoms with van der Waals surface area (Å²) < 4.78 is 11.4. The third-order valence-electron chi connectivity index (χ3n) is 5.50. The zero-order valence-electron chi connectivity index (χ0n) is 18.5. The van der Waals surface area contributed by atoms with E-state index < -0.39 is 0 Å². The van der Waals surface area contributed by atoms with E-state index in [1.54, 1.807) is 29.2 Å². The van der Waals surface area contributed by atoms with Crippen molar-refractivity contribution in [3.8, 4) is 11.5 Å². The number of rotatable bonds is 6. The zero-order chi connectivity index (χ0) is 22.7. The molecule has 0 unspecified atom stereocenters. The summed E-state index contributed by atoms with van der Waals surface area (Å²) in [5.41, 5.74) is 5.10. The number of hydrogen-bond donors (Lipinski definition) is 1. The summed E-state index contributed by atoms with van der Waals surface area (Å²) in [6, 6.07) is 18.7. The van der Waals surface area contributed by atoms with Gasteiger partial charge in [0, 0.05) is 11.3 Å². The lowest BCUT2D eigenvalue weighted by atomic mass is 10.1. The van der Waals surface area contributed by atoms with Gasteiger partial charge in [0.25, 0.3) is 11.8 Å². The lowest BCUT2D eigenvalue weighted by Crippen LogP contribution is -2.41. The molecule has 0 aliphatic carbocycles. The molecule has 0 saturated heterocycles. The summed E-state index contributed by atoms with van der Waals surface area (Å²) >= 11 is 0. The summed E-state index contributed by atoms with van der Waals surface area (Å²) in [5.74, 6) is 1.01. The van der Waals surface area contributed by atoms with Gasteiger partial charge in [0.2, 0.25) is 0 Å². The van der Waals surface area contributed by atoms with Gasteiger partial charge in [-0.05, 0) is 79.9 Å². The predicted molar refractivity (Wildman–Crippen MR) is 125 cm³/mol. The fourth-order valence-electron chi connectivity index (χ4n) is 3.57. The molecule has 1 N–H and O–H groups in total. The van der Waals surface area contributed by atoms with E-state index in [4.69, 9.17) is 9.47 Å². The van der Waals surface area contributed by atoms with Crippen LogP contribution in [0, 0.1) is 20.8 Å². The minimum atomic E-state index is -0.203. The van der Waals surface area contributed by atoms with Crippen LogP contribution in [0.2, 0.25) is 0 Å². The van der Waals surface area contributed by atoms with Gasteiger partial charge >= 0.3 is 0 Å². The number of nitrogens with one attached hydrogen (secondary N) is 1. The van der Waals surface area contributed by atoms with Crippen LogP contribution in [0.1, 0.15) is 27.0 Å². The molecule has 1 aliphatic rings.